The summed E-state index contributed by atoms with van der Waals surface area (Å²) in [6.45, 7) is 4.73. The van der Waals surface area contributed by atoms with Gasteiger partial charge in [-0.2, -0.15) is 0 Å². The lowest BCUT2D eigenvalue weighted by atomic mass is 10.0. The second-order valence-corrected chi connectivity index (χ2v) is 12.2. The van der Waals surface area contributed by atoms with Crippen LogP contribution in [0, 0.1) is 31.4 Å². The first-order chi connectivity index (χ1) is 25.7. The maximum absolute atomic E-state index is 14.0. The molecular formula is C39H42ClF2N5O8. The Morgan fingerprint density at radius 3 is 1.51 bits per heavy atom. The molecule has 4 aromatic rings. The van der Waals surface area contributed by atoms with Crippen molar-refractivity contribution in [1.29, 1.82) is 0 Å². The van der Waals surface area contributed by atoms with Crippen molar-refractivity contribution in [3.05, 3.63) is 118 Å². The van der Waals surface area contributed by atoms with E-state index in [-0.39, 0.29) is 77.0 Å². The number of ketones is 2. The van der Waals surface area contributed by atoms with Crippen molar-refractivity contribution >= 4 is 46.7 Å². The highest BCUT2D eigenvalue weighted by atomic mass is 35.5. The molecular weight excluding hydrogens is 740 g/mol. The fraction of sp³-hybridized carbons (Fsp3) is 0.282. The van der Waals surface area contributed by atoms with E-state index in [4.69, 9.17) is 0 Å². The molecule has 0 aliphatic carbocycles. The Labute approximate surface area is 322 Å². The number of quaternary nitrogens is 1. The van der Waals surface area contributed by atoms with Crippen LogP contribution in [0.25, 0.3) is 0 Å². The van der Waals surface area contributed by atoms with Crippen LogP contribution in [0.1, 0.15) is 75.8 Å². The van der Waals surface area contributed by atoms with Crippen molar-refractivity contribution in [2.24, 2.45) is 5.92 Å². The Kier molecular flexibility index (Phi) is 17.8. The van der Waals surface area contributed by atoms with E-state index in [0.717, 1.165) is 12.1 Å². The number of ether oxygens (including phenoxy) is 2. The molecule has 16 heteroatoms. The predicted molar refractivity (Wildman–Crippen MR) is 193 cm³/mol. The molecule has 2 heterocycles. The monoisotopic (exact) mass is 781 g/mol. The van der Waals surface area contributed by atoms with Crippen LogP contribution in [-0.2, 0) is 28.7 Å². The van der Waals surface area contributed by atoms with Crippen molar-refractivity contribution in [3.63, 3.8) is 0 Å². The lowest BCUT2D eigenvalue weighted by Gasteiger charge is -2.15. The number of amides is 2. The van der Waals surface area contributed by atoms with Gasteiger partial charge >= 0.3 is 11.9 Å². The number of aromatic nitrogens is 2. The topological polar surface area (TPSA) is 198 Å². The molecule has 55 heavy (non-hydrogen) atoms. The average Bonchev–Trinajstić information content (AvgIpc) is 3.18. The van der Waals surface area contributed by atoms with E-state index in [1.54, 1.807) is 38.1 Å². The molecule has 13 nitrogen and oxygen atoms in total. The number of nitrogens with zero attached hydrogens (tertiary/aromatic N) is 2. The third-order valence-electron chi connectivity index (χ3n) is 8.15. The Balaban J connectivity index is 0.000000373. The third-order valence-corrected chi connectivity index (χ3v) is 8.15. The highest BCUT2D eigenvalue weighted by Crippen LogP contribution is 2.25. The summed E-state index contributed by atoms with van der Waals surface area (Å²) in [5.74, 6) is -4.33. The number of anilines is 2. The zero-order valence-corrected chi connectivity index (χ0v) is 31.7. The molecule has 0 saturated heterocycles. The number of nitrogens with one attached hydrogen (secondary N) is 2. The molecule has 4 rings (SSSR count). The first-order valence-electron chi connectivity index (χ1n) is 16.8. The van der Waals surface area contributed by atoms with Crippen molar-refractivity contribution in [2.45, 2.75) is 52.5 Å². The highest BCUT2D eigenvalue weighted by Gasteiger charge is 2.24. The second kappa shape index (κ2) is 21.7. The maximum atomic E-state index is 14.0. The van der Waals surface area contributed by atoms with E-state index in [1.807, 2.05) is 0 Å². The minimum atomic E-state index is -0.743. The van der Waals surface area contributed by atoms with E-state index in [9.17, 15) is 37.5 Å². The van der Waals surface area contributed by atoms with E-state index < -0.39 is 53.0 Å². The fourth-order valence-electron chi connectivity index (χ4n) is 4.80. The minimum Gasteiger partial charge on any atom is -1.00 e. The summed E-state index contributed by atoms with van der Waals surface area (Å²) in [6, 6.07) is 13.9. The van der Waals surface area contributed by atoms with Gasteiger partial charge in [0.1, 0.15) is 23.0 Å². The summed E-state index contributed by atoms with van der Waals surface area (Å²) in [6.07, 6.45) is 3.54. The summed E-state index contributed by atoms with van der Waals surface area (Å²) < 4.78 is 37.2. The van der Waals surface area contributed by atoms with E-state index >= 15 is 0 Å². The number of carbonyl (C=O) groups is 6. The second-order valence-electron chi connectivity index (χ2n) is 12.2. The molecule has 2 amide bonds. The van der Waals surface area contributed by atoms with Crippen LogP contribution >= 0.6 is 0 Å². The van der Waals surface area contributed by atoms with E-state index in [0.29, 0.717) is 12.0 Å². The van der Waals surface area contributed by atoms with Gasteiger partial charge in [0.05, 0.1) is 43.1 Å². The summed E-state index contributed by atoms with van der Waals surface area (Å²) in [4.78, 5) is 80.6. The van der Waals surface area contributed by atoms with Gasteiger partial charge in [-0.25, -0.2) is 8.78 Å². The lowest BCUT2D eigenvalue weighted by molar-refractivity contribution is -0.403. The van der Waals surface area contributed by atoms with Gasteiger partial charge in [-0.3, -0.25) is 38.7 Å². The van der Waals surface area contributed by atoms with E-state index in [1.165, 1.54) is 57.8 Å². The Morgan fingerprint density at radius 1 is 0.691 bits per heavy atom. The maximum Gasteiger partial charge on any atom is 0.305 e. The molecule has 0 aliphatic heterocycles. The number of methoxy groups -OCH3 is 2. The Bertz CT molecular complexity index is 1860. The van der Waals surface area contributed by atoms with Gasteiger partial charge in [-0.05, 0) is 79.9 Å². The van der Waals surface area contributed by atoms with Gasteiger partial charge < -0.3 is 38.2 Å². The smallest absolute Gasteiger partial charge is 0.305 e. The highest BCUT2D eigenvalue weighted by molar-refractivity contribution is 6.14. The van der Waals surface area contributed by atoms with Crippen LogP contribution in [0.4, 0.5) is 20.2 Å². The Hall–Kier alpha value is -5.93. The number of rotatable bonds is 14. The molecule has 0 saturated carbocycles. The van der Waals surface area contributed by atoms with Gasteiger partial charge in [-0.15, -0.1) is 0 Å². The molecule has 2 atom stereocenters. The van der Waals surface area contributed by atoms with Crippen molar-refractivity contribution in [2.75, 3.05) is 24.9 Å². The fourth-order valence-corrected chi connectivity index (χ4v) is 4.80. The zero-order valence-electron chi connectivity index (χ0n) is 30.9. The van der Waals surface area contributed by atoms with Crippen LogP contribution in [0.2, 0.25) is 0 Å². The lowest BCUT2D eigenvalue weighted by Crippen LogP contribution is -3.00. The molecule has 0 aliphatic rings. The standard InChI is InChI=1S/C20H21FN2O4.C19H20FN3O4.ClH/c1-12(7-8-18(24)27-3)20(26)23-17-10-13(2)15(21)11-14(17)19(25)16-6-4-5-9-22-16;1-11-9-16(23-19(26)14(21)6-7-17(24)27-2)12(10-13(11)20)18(25)15-5-3-4-8-22-15;/h4-6,9-12H,7-8H2,1-3H3,(H,23,26);3-5,8-10,14H,6-7,21H2,1-2H3,(H,23,26);1H/t12-;14-;/m00./s1. The summed E-state index contributed by atoms with van der Waals surface area (Å²) >= 11 is 0. The van der Waals surface area contributed by atoms with Crippen LogP contribution in [0.3, 0.4) is 0 Å². The SMILES string of the molecule is COC(=O)CC[C@H](C)C(=O)Nc1cc(C)c(F)cc1C(=O)c1ccccn1.COC(=O)CC[C@H]([NH3+])C(=O)Nc1cc(C)c(F)cc1C(=O)c1ccccn1.[Cl-]. The first kappa shape index (κ1) is 45.2. The molecule has 2 aromatic carbocycles. The number of hydrogen-bond donors (Lipinski definition) is 3. The minimum absolute atomic E-state index is 0. The van der Waals surface area contributed by atoms with Crippen molar-refractivity contribution < 1.29 is 65.2 Å². The zero-order chi connectivity index (χ0) is 39.9. The van der Waals surface area contributed by atoms with Crippen molar-refractivity contribution in [3.8, 4) is 0 Å². The first-order valence-corrected chi connectivity index (χ1v) is 16.8. The van der Waals surface area contributed by atoms with Gasteiger partial charge in [-0.1, -0.05) is 19.1 Å². The predicted octanol–water partition coefficient (Wildman–Crippen LogP) is 1.55. The summed E-state index contributed by atoms with van der Waals surface area (Å²) in [5.41, 5.74) is 4.96. The number of esters is 2. The number of benzene rings is 2. The normalized spacial score (nSPS) is 11.3. The molecule has 0 unspecified atom stereocenters. The number of halogens is 3. The number of pyridine rings is 2. The summed E-state index contributed by atoms with van der Waals surface area (Å²) in [7, 11) is 2.54. The average molecular weight is 782 g/mol. The molecule has 5 N–H and O–H groups in total. The number of hydrogen-bond acceptors (Lipinski definition) is 10. The van der Waals surface area contributed by atoms with E-state index in [2.05, 4.69) is 35.8 Å². The Morgan fingerprint density at radius 2 is 1.11 bits per heavy atom. The molecule has 2 aromatic heterocycles. The van der Waals surface area contributed by atoms with Crippen molar-refractivity contribution in [1.82, 2.24) is 9.97 Å². The van der Waals surface area contributed by atoms with Crippen LogP contribution in [0.15, 0.2) is 73.1 Å². The van der Waals surface area contributed by atoms with Gasteiger partial charge in [0, 0.05) is 31.2 Å². The van der Waals surface area contributed by atoms with Crippen LogP contribution < -0.4 is 28.8 Å². The largest absolute Gasteiger partial charge is 1.00 e. The molecule has 0 radical (unpaired) electrons. The molecule has 0 bridgehead atoms. The van der Waals surface area contributed by atoms with Crippen LogP contribution in [-0.4, -0.2) is 65.5 Å². The molecule has 0 spiro atoms. The quantitative estimate of drug-likeness (QED) is 0.125. The number of aryl methyl sites for hydroxylation is 2. The molecule has 292 valence electrons. The summed E-state index contributed by atoms with van der Waals surface area (Å²) in [5, 5.41) is 5.27. The molecule has 0 fully saturated rings. The number of carbonyl (C=O) groups excluding carboxylic acids is 6. The third kappa shape index (κ3) is 13.2. The van der Waals surface area contributed by atoms with Gasteiger partial charge in [0.25, 0.3) is 5.91 Å². The van der Waals surface area contributed by atoms with Crippen LogP contribution in [0.5, 0.6) is 0 Å². The van der Waals surface area contributed by atoms with Gasteiger partial charge in [0.2, 0.25) is 17.5 Å². The van der Waals surface area contributed by atoms with Gasteiger partial charge in [0.15, 0.2) is 6.04 Å².